The number of hydrogen-bond donors (Lipinski definition) is 0. The molecule has 2 aliphatic heterocycles. The van der Waals surface area contributed by atoms with Crippen molar-refractivity contribution in [2.24, 2.45) is 10.2 Å². The molecule has 0 saturated heterocycles. The number of nitrogens with zero attached hydrogens (tertiary/aromatic N) is 4. The SMILES string of the molecule is O=C(C1C(c2ccccc2)C(c2ccccc2)=NN1c1ccccc1)C1C(c2ccccc2)C(c2ccccc2)=NN1c1ccccc1. The van der Waals surface area contributed by atoms with Gasteiger partial charge in [0.05, 0.1) is 34.6 Å². The number of hydrazone groups is 2. The first kappa shape index (κ1) is 29.3. The molecule has 48 heavy (non-hydrogen) atoms. The van der Waals surface area contributed by atoms with Gasteiger partial charge in [-0.05, 0) is 46.5 Å². The van der Waals surface area contributed by atoms with Gasteiger partial charge in [-0.25, -0.2) is 0 Å². The third-order valence-electron chi connectivity index (χ3n) is 9.26. The normalized spacial score (nSPS) is 20.3. The minimum Gasteiger partial charge on any atom is -0.295 e. The molecule has 0 N–H and O–H groups in total. The second kappa shape index (κ2) is 13.0. The standard InChI is InChI=1S/C43H34N4O/c48-43(41-37(31-19-7-1-8-20-31)39(33-23-11-3-12-24-33)44-46(41)35-27-15-5-16-28-35)42-38(32-21-9-2-10-22-32)40(34-25-13-4-14-26-34)45-47(42)36-29-17-6-18-30-36/h1-30,37-38,41-42H. The third kappa shape index (κ3) is 5.39. The first-order chi connectivity index (χ1) is 23.8. The van der Waals surface area contributed by atoms with E-state index in [9.17, 15) is 0 Å². The zero-order chi connectivity index (χ0) is 32.3. The van der Waals surface area contributed by atoms with Crippen molar-refractivity contribution in [3.8, 4) is 0 Å². The van der Waals surface area contributed by atoms with Crippen molar-refractivity contribution in [2.45, 2.75) is 23.9 Å². The van der Waals surface area contributed by atoms with Gasteiger partial charge in [0.25, 0.3) is 0 Å². The minimum atomic E-state index is -0.641. The highest BCUT2D eigenvalue weighted by molar-refractivity contribution is 6.17. The number of hydrogen-bond acceptors (Lipinski definition) is 5. The second-order valence-electron chi connectivity index (χ2n) is 12.1. The number of Topliss-reactive ketones (excluding diaryl/α,β-unsaturated/α-hetero) is 1. The Morgan fingerprint density at radius 1 is 0.396 bits per heavy atom. The maximum atomic E-state index is 15.9. The number of carbonyl (C=O) groups is 1. The second-order valence-corrected chi connectivity index (χ2v) is 12.1. The predicted molar refractivity (Wildman–Crippen MR) is 195 cm³/mol. The van der Waals surface area contributed by atoms with Gasteiger partial charge in [0.1, 0.15) is 12.1 Å². The van der Waals surface area contributed by atoms with E-state index in [1.807, 2.05) is 143 Å². The highest BCUT2D eigenvalue weighted by Gasteiger charge is 2.52. The topological polar surface area (TPSA) is 48.3 Å². The Hall–Kier alpha value is -6.07. The molecule has 0 radical (unpaired) electrons. The molecule has 8 rings (SSSR count). The zero-order valence-electron chi connectivity index (χ0n) is 26.3. The van der Waals surface area contributed by atoms with Crippen LogP contribution in [-0.2, 0) is 4.79 Å². The number of benzene rings is 6. The van der Waals surface area contributed by atoms with Crippen LogP contribution in [0.3, 0.4) is 0 Å². The summed E-state index contributed by atoms with van der Waals surface area (Å²) in [5.41, 5.74) is 7.55. The van der Waals surface area contributed by atoms with Crippen molar-refractivity contribution >= 4 is 28.6 Å². The van der Waals surface area contributed by atoms with Gasteiger partial charge in [-0.15, -0.1) is 0 Å². The van der Waals surface area contributed by atoms with Gasteiger partial charge in [0, 0.05) is 0 Å². The van der Waals surface area contributed by atoms with Gasteiger partial charge >= 0.3 is 0 Å². The molecule has 6 aromatic carbocycles. The molecule has 2 aliphatic rings. The molecule has 2 heterocycles. The van der Waals surface area contributed by atoms with Crippen molar-refractivity contribution in [1.82, 2.24) is 0 Å². The summed E-state index contributed by atoms with van der Waals surface area (Å²) < 4.78 is 0. The molecule has 0 bridgehead atoms. The summed E-state index contributed by atoms with van der Waals surface area (Å²) >= 11 is 0. The van der Waals surface area contributed by atoms with Gasteiger partial charge < -0.3 is 0 Å². The Balaban J connectivity index is 1.34. The average molecular weight is 623 g/mol. The van der Waals surface area contributed by atoms with Crippen molar-refractivity contribution in [1.29, 1.82) is 0 Å². The van der Waals surface area contributed by atoms with E-state index < -0.39 is 12.1 Å². The molecule has 0 saturated carbocycles. The molecular weight excluding hydrogens is 589 g/mol. The quantitative estimate of drug-likeness (QED) is 0.171. The molecule has 0 spiro atoms. The number of carbonyl (C=O) groups excluding carboxylic acids is 1. The maximum Gasteiger partial charge on any atom is 0.183 e. The molecule has 0 aliphatic carbocycles. The van der Waals surface area contributed by atoms with Crippen LogP contribution in [0.4, 0.5) is 11.4 Å². The van der Waals surface area contributed by atoms with Gasteiger partial charge in [0.2, 0.25) is 0 Å². The molecule has 0 aromatic heterocycles. The fourth-order valence-corrected chi connectivity index (χ4v) is 7.10. The lowest BCUT2D eigenvalue weighted by atomic mass is 9.76. The highest BCUT2D eigenvalue weighted by Crippen LogP contribution is 2.43. The highest BCUT2D eigenvalue weighted by atomic mass is 16.1. The Morgan fingerprint density at radius 3 is 1.02 bits per heavy atom. The van der Waals surface area contributed by atoms with E-state index in [1.54, 1.807) is 0 Å². The van der Waals surface area contributed by atoms with Crippen LogP contribution < -0.4 is 10.0 Å². The van der Waals surface area contributed by atoms with Crippen LogP contribution in [0.2, 0.25) is 0 Å². The molecule has 4 unspecified atom stereocenters. The fourth-order valence-electron chi connectivity index (χ4n) is 7.10. The van der Waals surface area contributed by atoms with E-state index in [2.05, 4.69) is 48.5 Å². The van der Waals surface area contributed by atoms with Gasteiger partial charge in [0.15, 0.2) is 5.78 Å². The Labute approximate surface area is 281 Å². The van der Waals surface area contributed by atoms with Crippen LogP contribution in [0, 0.1) is 0 Å². The molecular formula is C43H34N4O. The molecule has 5 heteroatoms. The van der Waals surface area contributed by atoms with E-state index in [0.717, 1.165) is 45.1 Å². The first-order valence-corrected chi connectivity index (χ1v) is 16.4. The third-order valence-corrected chi connectivity index (χ3v) is 9.26. The van der Waals surface area contributed by atoms with Crippen LogP contribution in [0.1, 0.15) is 34.1 Å². The van der Waals surface area contributed by atoms with Crippen LogP contribution in [0.15, 0.2) is 192 Å². The smallest absolute Gasteiger partial charge is 0.183 e. The lowest BCUT2D eigenvalue weighted by Gasteiger charge is -2.34. The van der Waals surface area contributed by atoms with Crippen molar-refractivity contribution in [3.63, 3.8) is 0 Å². The van der Waals surface area contributed by atoms with E-state index in [1.165, 1.54) is 0 Å². The summed E-state index contributed by atoms with van der Waals surface area (Å²) in [6, 6.07) is 60.0. The number of rotatable bonds is 8. The van der Waals surface area contributed by atoms with Crippen LogP contribution in [0.5, 0.6) is 0 Å². The lowest BCUT2D eigenvalue weighted by molar-refractivity contribution is -0.121. The molecule has 5 nitrogen and oxygen atoms in total. The van der Waals surface area contributed by atoms with Crippen LogP contribution in [-0.4, -0.2) is 29.3 Å². The van der Waals surface area contributed by atoms with E-state index in [0.29, 0.717) is 0 Å². The van der Waals surface area contributed by atoms with Crippen molar-refractivity contribution < 1.29 is 4.79 Å². The summed E-state index contributed by atoms with van der Waals surface area (Å²) in [5.74, 6) is -0.595. The largest absolute Gasteiger partial charge is 0.295 e. The van der Waals surface area contributed by atoms with Crippen molar-refractivity contribution in [2.75, 3.05) is 10.0 Å². The minimum absolute atomic E-state index is 0.0507. The molecule has 0 fully saturated rings. The fraction of sp³-hybridized carbons (Fsp3) is 0.0930. The summed E-state index contributed by atoms with van der Waals surface area (Å²) in [7, 11) is 0. The predicted octanol–water partition coefficient (Wildman–Crippen LogP) is 8.71. The van der Waals surface area contributed by atoms with Gasteiger partial charge in [-0.1, -0.05) is 158 Å². The molecule has 0 amide bonds. The average Bonchev–Trinajstić information content (AvgIpc) is 3.78. The van der Waals surface area contributed by atoms with E-state index in [4.69, 9.17) is 10.2 Å². The van der Waals surface area contributed by atoms with Crippen molar-refractivity contribution in [3.05, 3.63) is 204 Å². The zero-order valence-corrected chi connectivity index (χ0v) is 26.3. The maximum absolute atomic E-state index is 15.9. The van der Waals surface area contributed by atoms with Crippen LogP contribution >= 0.6 is 0 Å². The monoisotopic (exact) mass is 622 g/mol. The summed E-state index contributed by atoms with van der Waals surface area (Å²) in [6.07, 6.45) is 0. The summed E-state index contributed by atoms with van der Waals surface area (Å²) in [6.45, 7) is 0. The number of para-hydroxylation sites is 2. The number of anilines is 2. The Kier molecular flexibility index (Phi) is 7.93. The van der Waals surface area contributed by atoms with Crippen LogP contribution in [0.25, 0.3) is 0 Å². The Morgan fingerprint density at radius 2 is 0.688 bits per heavy atom. The summed E-state index contributed by atoms with van der Waals surface area (Å²) in [4.78, 5) is 15.9. The Bertz CT molecular complexity index is 1900. The van der Waals surface area contributed by atoms with Gasteiger partial charge in [-0.3, -0.25) is 14.8 Å². The summed E-state index contributed by atoms with van der Waals surface area (Å²) in [5, 5.41) is 14.5. The molecule has 4 atom stereocenters. The lowest BCUT2D eigenvalue weighted by Crippen LogP contribution is -2.51. The van der Waals surface area contributed by atoms with E-state index >= 15 is 4.79 Å². The van der Waals surface area contributed by atoms with Gasteiger partial charge in [-0.2, -0.15) is 10.2 Å². The number of ketones is 1. The molecule has 232 valence electrons. The molecule has 6 aromatic rings. The first-order valence-electron chi connectivity index (χ1n) is 16.4. The van der Waals surface area contributed by atoms with E-state index in [-0.39, 0.29) is 17.6 Å².